The van der Waals surface area contributed by atoms with E-state index in [1.54, 1.807) is 11.8 Å². The van der Waals surface area contributed by atoms with Gasteiger partial charge in [-0.2, -0.15) is 0 Å². The first-order chi connectivity index (χ1) is 7.19. The van der Waals surface area contributed by atoms with Gasteiger partial charge in [0.15, 0.2) is 0 Å². The van der Waals surface area contributed by atoms with E-state index in [4.69, 9.17) is 0 Å². The molecule has 1 heterocycles. The average Bonchev–Trinajstić information content (AvgIpc) is 2.57. The third kappa shape index (κ3) is 2.52. The maximum atomic E-state index is 4.64. The van der Waals surface area contributed by atoms with Crippen LogP contribution in [0.15, 0.2) is 23.1 Å². The highest BCUT2D eigenvalue weighted by Crippen LogP contribution is 2.27. The molecule has 0 saturated carbocycles. The van der Waals surface area contributed by atoms with Gasteiger partial charge in [0, 0.05) is 11.3 Å². The second-order valence-electron chi connectivity index (χ2n) is 4.04. The Labute approximate surface area is 98.9 Å². The van der Waals surface area contributed by atoms with Gasteiger partial charge in [0.25, 0.3) is 0 Å². The van der Waals surface area contributed by atoms with Gasteiger partial charge in [-0.3, -0.25) is 0 Å². The van der Waals surface area contributed by atoms with Crippen molar-refractivity contribution in [2.45, 2.75) is 25.2 Å². The number of thiazole rings is 1. The van der Waals surface area contributed by atoms with E-state index in [0.29, 0.717) is 5.92 Å². The summed E-state index contributed by atoms with van der Waals surface area (Å²) in [7, 11) is 0. The Kier molecular flexibility index (Phi) is 3.32. The first-order valence-corrected chi connectivity index (χ1v) is 7.16. The largest absolute Gasteiger partial charge is 0.241 e. The zero-order valence-corrected chi connectivity index (χ0v) is 10.9. The first kappa shape index (κ1) is 11.0. The summed E-state index contributed by atoms with van der Waals surface area (Å²) in [5, 5.41) is 1.26. The summed E-state index contributed by atoms with van der Waals surface area (Å²) < 4.78 is 1.32. The second-order valence-corrected chi connectivity index (χ2v) is 6.03. The van der Waals surface area contributed by atoms with Crippen LogP contribution in [0.3, 0.4) is 0 Å². The van der Waals surface area contributed by atoms with Crippen LogP contribution in [0.5, 0.6) is 0 Å². The standard InChI is InChI=1S/C12H15NS2/c1-8(2)6-12-13-10-5-4-9(14-3)7-11(10)15-12/h4-5,7-8H,6H2,1-3H3. The number of rotatable bonds is 3. The van der Waals surface area contributed by atoms with E-state index >= 15 is 0 Å². The van der Waals surface area contributed by atoms with Crippen molar-refractivity contribution in [3.63, 3.8) is 0 Å². The van der Waals surface area contributed by atoms with Gasteiger partial charge in [0.2, 0.25) is 0 Å². The molecular formula is C12H15NS2. The lowest BCUT2D eigenvalue weighted by Crippen LogP contribution is -1.91. The van der Waals surface area contributed by atoms with Crippen molar-refractivity contribution in [1.29, 1.82) is 0 Å². The number of benzene rings is 1. The molecule has 15 heavy (non-hydrogen) atoms. The lowest BCUT2D eigenvalue weighted by Gasteiger charge is -1.97. The Morgan fingerprint density at radius 1 is 1.40 bits per heavy atom. The van der Waals surface area contributed by atoms with Crippen molar-refractivity contribution in [2.75, 3.05) is 6.26 Å². The van der Waals surface area contributed by atoms with Crippen LogP contribution in [0, 0.1) is 5.92 Å². The predicted octanol–water partition coefficient (Wildman–Crippen LogP) is 4.22. The van der Waals surface area contributed by atoms with E-state index in [1.165, 1.54) is 14.6 Å². The van der Waals surface area contributed by atoms with Gasteiger partial charge >= 0.3 is 0 Å². The van der Waals surface area contributed by atoms with Gasteiger partial charge in [-0.1, -0.05) is 13.8 Å². The Hall–Kier alpha value is -0.540. The maximum Gasteiger partial charge on any atom is 0.0941 e. The summed E-state index contributed by atoms with van der Waals surface area (Å²) >= 11 is 3.62. The van der Waals surface area contributed by atoms with Gasteiger partial charge in [0.05, 0.1) is 15.2 Å². The second kappa shape index (κ2) is 4.54. The molecule has 2 rings (SSSR count). The normalized spacial score (nSPS) is 11.5. The molecular weight excluding hydrogens is 222 g/mol. The molecule has 0 atom stereocenters. The van der Waals surface area contributed by atoms with E-state index in [0.717, 1.165) is 11.9 Å². The van der Waals surface area contributed by atoms with Crippen LogP contribution < -0.4 is 0 Å². The molecule has 0 aliphatic rings. The monoisotopic (exact) mass is 237 g/mol. The fourth-order valence-electron chi connectivity index (χ4n) is 1.52. The van der Waals surface area contributed by atoms with Crippen molar-refractivity contribution >= 4 is 33.3 Å². The number of hydrogen-bond donors (Lipinski definition) is 0. The third-order valence-corrected chi connectivity index (χ3v) is 3.99. The lowest BCUT2D eigenvalue weighted by molar-refractivity contribution is 0.645. The SMILES string of the molecule is CSc1ccc2nc(CC(C)C)sc2c1. The molecule has 0 radical (unpaired) electrons. The van der Waals surface area contributed by atoms with E-state index in [9.17, 15) is 0 Å². The van der Waals surface area contributed by atoms with E-state index in [1.807, 2.05) is 11.3 Å². The fraction of sp³-hybridized carbons (Fsp3) is 0.417. The topological polar surface area (TPSA) is 12.9 Å². The van der Waals surface area contributed by atoms with Crippen LogP contribution in [0.4, 0.5) is 0 Å². The molecule has 0 spiro atoms. The Bertz CT molecular complexity index is 460. The van der Waals surface area contributed by atoms with Gasteiger partial charge < -0.3 is 0 Å². The average molecular weight is 237 g/mol. The molecule has 0 bridgehead atoms. The Balaban J connectivity index is 2.37. The van der Waals surface area contributed by atoms with Crippen LogP contribution in [-0.4, -0.2) is 11.2 Å². The highest BCUT2D eigenvalue weighted by molar-refractivity contribution is 7.98. The van der Waals surface area contributed by atoms with Gasteiger partial charge in [-0.15, -0.1) is 23.1 Å². The summed E-state index contributed by atoms with van der Waals surface area (Å²) in [6.45, 7) is 4.47. The zero-order chi connectivity index (χ0) is 10.8. The number of thioether (sulfide) groups is 1. The molecule has 0 saturated heterocycles. The molecule has 0 fully saturated rings. The third-order valence-electron chi connectivity index (χ3n) is 2.22. The molecule has 0 N–H and O–H groups in total. The van der Waals surface area contributed by atoms with E-state index in [2.05, 4.69) is 43.3 Å². The van der Waals surface area contributed by atoms with Crippen molar-refractivity contribution in [2.24, 2.45) is 5.92 Å². The highest BCUT2D eigenvalue weighted by Gasteiger charge is 2.06. The number of aromatic nitrogens is 1. The number of nitrogens with zero attached hydrogens (tertiary/aromatic N) is 1. The summed E-state index contributed by atoms with van der Waals surface area (Å²) in [5.41, 5.74) is 1.15. The van der Waals surface area contributed by atoms with Gasteiger partial charge in [-0.25, -0.2) is 4.98 Å². The van der Waals surface area contributed by atoms with E-state index in [-0.39, 0.29) is 0 Å². The van der Waals surface area contributed by atoms with E-state index < -0.39 is 0 Å². The minimum absolute atomic E-state index is 0.686. The Morgan fingerprint density at radius 3 is 2.87 bits per heavy atom. The van der Waals surface area contributed by atoms with Crippen LogP contribution in [-0.2, 0) is 6.42 Å². The highest BCUT2D eigenvalue weighted by atomic mass is 32.2. The Morgan fingerprint density at radius 2 is 2.20 bits per heavy atom. The maximum absolute atomic E-state index is 4.64. The number of hydrogen-bond acceptors (Lipinski definition) is 3. The van der Waals surface area contributed by atoms with Crippen LogP contribution >= 0.6 is 23.1 Å². The van der Waals surface area contributed by atoms with Gasteiger partial charge in [0.1, 0.15) is 0 Å². The van der Waals surface area contributed by atoms with Crippen molar-refractivity contribution in [3.05, 3.63) is 23.2 Å². The lowest BCUT2D eigenvalue weighted by atomic mass is 10.1. The molecule has 80 valence electrons. The number of fused-ring (bicyclic) bond motifs is 1. The molecule has 0 amide bonds. The molecule has 0 aliphatic heterocycles. The minimum Gasteiger partial charge on any atom is -0.241 e. The van der Waals surface area contributed by atoms with Crippen molar-refractivity contribution in [3.8, 4) is 0 Å². The predicted molar refractivity (Wildman–Crippen MR) is 69.9 cm³/mol. The zero-order valence-electron chi connectivity index (χ0n) is 9.28. The van der Waals surface area contributed by atoms with Crippen molar-refractivity contribution < 1.29 is 0 Å². The summed E-state index contributed by atoms with van der Waals surface area (Å²) in [4.78, 5) is 5.96. The summed E-state index contributed by atoms with van der Waals surface area (Å²) in [6, 6.07) is 6.51. The molecule has 3 heteroatoms. The quantitative estimate of drug-likeness (QED) is 0.741. The molecule has 0 unspecified atom stereocenters. The molecule has 1 aromatic carbocycles. The van der Waals surface area contributed by atoms with Gasteiger partial charge in [-0.05, 0) is 30.4 Å². The first-order valence-electron chi connectivity index (χ1n) is 5.12. The molecule has 2 aromatic rings. The molecule has 1 nitrogen and oxygen atoms in total. The van der Waals surface area contributed by atoms with Crippen LogP contribution in [0.1, 0.15) is 18.9 Å². The summed E-state index contributed by atoms with van der Waals surface area (Å²) in [6.07, 6.45) is 3.20. The minimum atomic E-state index is 0.686. The van der Waals surface area contributed by atoms with Crippen molar-refractivity contribution in [1.82, 2.24) is 4.98 Å². The molecule has 1 aromatic heterocycles. The van der Waals surface area contributed by atoms with Crippen LogP contribution in [0.2, 0.25) is 0 Å². The molecule has 0 aliphatic carbocycles. The van der Waals surface area contributed by atoms with Crippen LogP contribution in [0.25, 0.3) is 10.2 Å². The fourth-order valence-corrected chi connectivity index (χ4v) is 3.25. The smallest absolute Gasteiger partial charge is 0.0941 e. The summed E-state index contributed by atoms with van der Waals surface area (Å²) in [5.74, 6) is 0.686.